The lowest BCUT2D eigenvalue weighted by atomic mass is 10.2. The van der Waals surface area contributed by atoms with Crippen molar-refractivity contribution in [2.75, 3.05) is 0 Å². The summed E-state index contributed by atoms with van der Waals surface area (Å²) in [5, 5.41) is 0. The molecule has 0 unspecified atom stereocenters. The van der Waals surface area contributed by atoms with Gasteiger partial charge in [-0.2, -0.15) is 0 Å². The number of hydrogen-bond donors (Lipinski definition) is 0. The maximum atomic E-state index is 4.34. The minimum atomic E-state index is 0.756. The van der Waals surface area contributed by atoms with E-state index >= 15 is 0 Å². The van der Waals surface area contributed by atoms with Crippen LogP contribution in [0.5, 0.6) is 0 Å². The molecular weight excluding hydrogens is 206 g/mol. The molecule has 0 atom stereocenters. The van der Waals surface area contributed by atoms with Crippen LogP contribution in [-0.4, -0.2) is 6.21 Å². The molecule has 0 saturated heterocycles. The predicted molar refractivity (Wildman–Crippen MR) is 75.1 cm³/mol. The number of rotatable bonds is 6. The smallest absolute Gasteiger partial charge is 0.0639 e. The topological polar surface area (TPSA) is 12.4 Å². The molecule has 0 bridgehead atoms. The van der Waals surface area contributed by atoms with Crippen LogP contribution < -0.4 is 0 Å². The molecule has 0 fully saturated rings. The van der Waals surface area contributed by atoms with Crippen molar-refractivity contribution in [3.05, 3.63) is 48.0 Å². The van der Waals surface area contributed by atoms with Crippen molar-refractivity contribution >= 4 is 6.21 Å². The molecule has 0 N–H and O–H groups in total. The Kier molecular flexibility index (Phi) is 7.34. The molecule has 88 valence electrons. The van der Waals surface area contributed by atoms with Gasteiger partial charge in [0.1, 0.15) is 0 Å². The Hall–Kier alpha value is -1.81. The quantitative estimate of drug-likeness (QED) is 0.394. The first kappa shape index (κ1) is 13.3. The molecule has 17 heavy (non-hydrogen) atoms. The van der Waals surface area contributed by atoms with Gasteiger partial charge in [-0.3, -0.25) is 4.99 Å². The van der Waals surface area contributed by atoms with E-state index in [2.05, 4.69) is 35.0 Å². The number of unbranched alkanes of at least 4 members (excludes halogenated alkanes) is 2. The van der Waals surface area contributed by atoms with E-state index in [1.165, 1.54) is 5.56 Å². The van der Waals surface area contributed by atoms with Gasteiger partial charge >= 0.3 is 0 Å². The van der Waals surface area contributed by atoms with Crippen LogP contribution in [0.25, 0.3) is 0 Å². The van der Waals surface area contributed by atoms with Gasteiger partial charge < -0.3 is 0 Å². The highest BCUT2D eigenvalue weighted by molar-refractivity contribution is 5.70. The third-order valence-electron chi connectivity index (χ3n) is 2.29. The fourth-order valence-corrected chi connectivity index (χ4v) is 1.39. The fraction of sp³-hybridized carbons (Fsp3) is 0.312. The molecule has 1 heteroatoms. The Balaban J connectivity index is 2.13. The van der Waals surface area contributed by atoms with Gasteiger partial charge in [-0.15, -0.1) is 11.8 Å². The molecule has 0 heterocycles. The third-order valence-corrected chi connectivity index (χ3v) is 2.29. The van der Waals surface area contributed by atoms with Crippen LogP contribution in [0, 0.1) is 11.8 Å². The van der Waals surface area contributed by atoms with E-state index in [0.717, 1.165) is 25.8 Å². The molecule has 0 aliphatic heterocycles. The van der Waals surface area contributed by atoms with Gasteiger partial charge in [-0.25, -0.2) is 0 Å². The second-order valence-corrected chi connectivity index (χ2v) is 3.72. The summed E-state index contributed by atoms with van der Waals surface area (Å²) in [4.78, 5) is 4.34. The lowest BCUT2D eigenvalue weighted by Crippen LogP contribution is -1.79. The monoisotopic (exact) mass is 225 g/mol. The molecule has 0 aliphatic carbocycles. The van der Waals surface area contributed by atoms with Gasteiger partial charge in [0.05, 0.1) is 6.54 Å². The standard InChI is InChI=1S/C16H19N/c1-2-3-4-5-6-7-11-14-17-15-16-12-9-8-10-13-16/h7-14H,4-6,15H2,1H3/b11-7+,17-14?. The van der Waals surface area contributed by atoms with Gasteiger partial charge in [0.15, 0.2) is 0 Å². The maximum absolute atomic E-state index is 4.34. The van der Waals surface area contributed by atoms with Crippen LogP contribution in [0.4, 0.5) is 0 Å². The average molecular weight is 225 g/mol. The Bertz CT molecular complexity index is 404. The lowest BCUT2D eigenvalue weighted by Gasteiger charge is -1.92. The van der Waals surface area contributed by atoms with E-state index in [9.17, 15) is 0 Å². The zero-order valence-corrected chi connectivity index (χ0v) is 10.4. The predicted octanol–water partition coefficient (Wildman–Crippen LogP) is 4.01. The van der Waals surface area contributed by atoms with Crippen molar-refractivity contribution in [3.63, 3.8) is 0 Å². The molecule has 0 amide bonds. The summed E-state index contributed by atoms with van der Waals surface area (Å²) in [5.41, 5.74) is 1.25. The molecular formula is C16H19N. The Morgan fingerprint density at radius 2 is 2.06 bits per heavy atom. The molecule has 1 rings (SSSR count). The van der Waals surface area contributed by atoms with Crippen LogP contribution in [0.3, 0.4) is 0 Å². The minimum Gasteiger partial charge on any atom is -0.288 e. The van der Waals surface area contributed by atoms with E-state index in [0.29, 0.717) is 0 Å². The SMILES string of the molecule is CC#CCCC/C=C/C=NCc1ccccc1. The van der Waals surface area contributed by atoms with E-state index in [-0.39, 0.29) is 0 Å². The molecule has 0 radical (unpaired) electrons. The Morgan fingerprint density at radius 1 is 1.24 bits per heavy atom. The zero-order valence-electron chi connectivity index (χ0n) is 10.4. The second kappa shape index (κ2) is 9.42. The maximum Gasteiger partial charge on any atom is 0.0639 e. The van der Waals surface area contributed by atoms with E-state index in [4.69, 9.17) is 0 Å². The Morgan fingerprint density at radius 3 is 2.82 bits per heavy atom. The summed E-state index contributed by atoms with van der Waals surface area (Å²) in [6.07, 6.45) is 9.23. The first-order valence-corrected chi connectivity index (χ1v) is 6.02. The first-order valence-electron chi connectivity index (χ1n) is 6.02. The van der Waals surface area contributed by atoms with Crippen molar-refractivity contribution < 1.29 is 0 Å². The molecule has 0 aromatic heterocycles. The molecule has 0 spiro atoms. The van der Waals surface area contributed by atoms with Crippen molar-refractivity contribution in [1.29, 1.82) is 0 Å². The van der Waals surface area contributed by atoms with Crippen LogP contribution in [-0.2, 0) is 6.54 Å². The van der Waals surface area contributed by atoms with Crippen LogP contribution >= 0.6 is 0 Å². The summed E-state index contributed by atoms with van der Waals surface area (Å²) in [6, 6.07) is 10.3. The van der Waals surface area contributed by atoms with E-state index in [1.807, 2.05) is 37.4 Å². The normalized spacial score (nSPS) is 10.6. The Labute approximate surface area is 104 Å². The lowest BCUT2D eigenvalue weighted by molar-refractivity contribution is 0.885. The molecule has 1 aromatic carbocycles. The summed E-state index contributed by atoms with van der Waals surface area (Å²) < 4.78 is 0. The number of benzene rings is 1. The number of allylic oxidation sites excluding steroid dienone is 2. The van der Waals surface area contributed by atoms with Gasteiger partial charge in [-0.05, 0) is 31.4 Å². The highest BCUT2D eigenvalue weighted by Crippen LogP contribution is 1.99. The first-order chi connectivity index (χ1) is 8.43. The van der Waals surface area contributed by atoms with E-state index < -0.39 is 0 Å². The summed E-state index contributed by atoms with van der Waals surface area (Å²) in [7, 11) is 0. The van der Waals surface area contributed by atoms with Gasteiger partial charge in [-0.1, -0.05) is 36.4 Å². The summed E-state index contributed by atoms with van der Waals surface area (Å²) >= 11 is 0. The molecule has 0 aliphatic rings. The highest BCUT2D eigenvalue weighted by atomic mass is 14.7. The largest absolute Gasteiger partial charge is 0.288 e. The molecule has 0 saturated carbocycles. The second-order valence-electron chi connectivity index (χ2n) is 3.72. The van der Waals surface area contributed by atoms with Crippen molar-refractivity contribution in [2.45, 2.75) is 32.7 Å². The van der Waals surface area contributed by atoms with Crippen LogP contribution in [0.1, 0.15) is 31.7 Å². The number of aliphatic imine (C=N–C) groups is 1. The highest BCUT2D eigenvalue weighted by Gasteiger charge is 1.84. The van der Waals surface area contributed by atoms with Gasteiger partial charge in [0, 0.05) is 12.6 Å². The third kappa shape index (κ3) is 7.14. The summed E-state index contributed by atoms with van der Waals surface area (Å²) in [6.45, 7) is 2.64. The van der Waals surface area contributed by atoms with Crippen molar-refractivity contribution in [3.8, 4) is 11.8 Å². The van der Waals surface area contributed by atoms with Crippen molar-refractivity contribution in [2.24, 2.45) is 4.99 Å². The number of hydrogen-bond acceptors (Lipinski definition) is 1. The minimum absolute atomic E-state index is 0.756. The molecule has 1 nitrogen and oxygen atoms in total. The van der Waals surface area contributed by atoms with Gasteiger partial charge in [0.25, 0.3) is 0 Å². The van der Waals surface area contributed by atoms with Crippen LogP contribution in [0.15, 0.2) is 47.5 Å². The average Bonchev–Trinajstić information content (AvgIpc) is 2.38. The summed E-state index contributed by atoms with van der Waals surface area (Å²) in [5.74, 6) is 5.95. The van der Waals surface area contributed by atoms with Gasteiger partial charge in [0.2, 0.25) is 0 Å². The molecule has 1 aromatic rings. The van der Waals surface area contributed by atoms with E-state index in [1.54, 1.807) is 0 Å². The number of nitrogens with zero attached hydrogens (tertiary/aromatic N) is 1. The van der Waals surface area contributed by atoms with Crippen molar-refractivity contribution in [1.82, 2.24) is 0 Å². The van der Waals surface area contributed by atoms with Crippen LogP contribution in [0.2, 0.25) is 0 Å². The zero-order chi connectivity index (χ0) is 12.2. The fourth-order valence-electron chi connectivity index (χ4n) is 1.39.